The molecule has 0 N–H and O–H groups in total. The molecule has 0 spiro atoms. The summed E-state index contributed by atoms with van der Waals surface area (Å²) in [6.45, 7) is 2.32. The highest BCUT2D eigenvalue weighted by atomic mass is 32.2. The van der Waals surface area contributed by atoms with Crippen LogP contribution in [0.2, 0.25) is 0 Å². The summed E-state index contributed by atoms with van der Waals surface area (Å²) >= 11 is 1.19. The number of aromatic nitrogens is 2. The third kappa shape index (κ3) is 5.42. The molecule has 5 nitrogen and oxygen atoms in total. The molecule has 0 aliphatic rings. The molecule has 1 atom stereocenters. The fourth-order valence-electron chi connectivity index (χ4n) is 2.74. The van der Waals surface area contributed by atoms with Crippen LogP contribution in [-0.4, -0.2) is 33.8 Å². The zero-order chi connectivity index (χ0) is 19.9. The van der Waals surface area contributed by atoms with Gasteiger partial charge in [0.2, 0.25) is 11.8 Å². The quantitative estimate of drug-likeness (QED) is 0.529. The van der Waals surface area contributed by atoms with Crippen molar-refractivity contribution in [3.05, 3.63) is 77.4 Å². The number of halogens is 1. The van der Waals surface area contributed by atoms with Crippen molar-refractivity contribution in [1.29, 1.82) is 0 Å². The number of rotatable bonds is 8. The third-order valence-electron chi connectivity index (χ3n) is 4.41. The monoisotopic (exact) mass is 399 g/mol. The zero-order valence-corrected chi connectivity index (χ0v) is 16.7. The summed E-state index contributed by atoms with van der Waals surface area (Å²) in [5, 5.41) is 8.44. The Balaban J connectivity index is 1.49. The molecule has 2 aromatic carbocycles. The van der Waals surface area contributed by atoms with E-state index >= 15 is 0 Å². The van der Waals surface area contributed by atoms with E-state index in [1.807, 2.05) is 18.2 Å². The van der Waals surface area contributed by atoms with Crippen LogP contribution in [-0.2, 0) is 17.8 Å². The largest absolute Gasteiger partial charge is 0.416 e. The molecule has 1 unspecified atom stereocenters. The Labute approximate surface area is 168 Å². The number of carbonyl (C=O) groups excluding carboxylic acids is 1. The number of nitrogens with zero attached hydrogens (tertiary/aromatic N) is 3. The van der Waals surface area contributed by atoms with Gasteiger partial charge in [0.05, 0.1) is 5.75 Å². The Kier molecular flexibility index (Phi) is 6.81. The van der Waals surface area contributed by atoms with E-state index in [0.717, 1.165) is 0 Å². The molecule has 0 saturated carbocycles. The first-order valence-electron chi connectivity index (χ1n) is 9.00. The van der Waals surface area contributed by atoms with Crippen molar-refractivity contribution in [3.63, 3.8) is 0 Å². The van der Waals surface area contributed by atoms with E-state index < -0.39 is 0 Å². The Morgan fingerprint density at radius 1 is 1.14 bits per heavy atom. The first-order valence-corrected chi connectivity index (χ1v) is 9.99. The van der Waals surface area contributed by atoms with Crippen LogP contribution >= 0.6 is 11.8 Å². The van der Waals surface area contributed by atoms with Crippen molar-refractivity contribution in [3.8, 4) is 0 Å². The van der Waals surface area contributed by atoms with Crippen molar-refractivity contribution in [2.45, 2.75) is 31.0 Å². The smallest absolute Gasteiger partial charge is 0.277 e. The van der Waals surface area contributed by atoms with E-state index in [9.17, 15) is 9.18 Å². The zero-order valence-electron chi connectivity index (χ0n) is 15.8. The Hall–Kier alpha value is -2.67. The molecular formula is C21H22FN3O2S. The van der Waals surface area contributed by atoms with Crippen LogP contribution in [0.15, 0.2) is 64.2 Å². The van der Waals surface area contributed by atoms with Crippen molar-refractivity contribution in [1.82, 2.24) is 15.1 Å². The molecule has 0 aliphatic heterocycles. The molecule has 0 fully saturated rings. The fraction of sp³-hybridized carbons (Fsp3) is 0.286. The van der Waals surface area contributed by atoms with Crippen molar-refractivity contribution < 1.29 is 13.6 Å². The summed E-state index contributed by atoms with van der Waals surface area (Å²) in [6, 6.07) is 16.6. The van der Waals surface area contributed by atoms with Gasteiger partial charge in [-0.05, 0) is 17.5 Å². The number of benzene rings is 2. The molecule has 28 heavy (non-hydrogen) atoms. The molecule has 3 aromatic rings. The van der Waals surface area contributed by atoms with E-state index in [1.165, 1.54) is 28.3 Å². The molecule has 0 radical (unpaired) electrons. The molecular weight excluding hydrogens is 377 g/mol. The second kappa shape index (κ2) is 9.50. The van der Waals surface area contributed by atoms with Gasteiger partial charge in [-0.25, -0.2) is 4.39 Å². The lowest BCUT2D eigenvalue weighted by atomic mass is 9.98. The van der Waals surface area contributed by atoms with Gasteiger partial charge in [-0.15, -0.1) is 10.2 Å². The van der Waals surface area contributed by atoms with E-state index in [4.69, 9.17) is 4.42 Å². The molecule has 0 aliphatic carbocycles. The minimum atomic E-state index is -0.316. The van der Waals surface area contributed by atoms with Crippen molar-refractivity contribution in [2.75, 3.05) is 12.8 Å². The average molecular weight is 399 g/mol. The lowest BCUT2D eigenvalue weighted by Gasteiger charge is -2.16. The second-order valence-electron chi connectivity index (χ2n) is 6.61. The van der Waals surface area contributed by atoms with Crippen LogP contribution in [0, 0.1) is 5.82 Å². The number of carbonyl (C=O) groups is 1. The molecule has 146 valence electrons. The van der Waals surface area contributed by atoms with E-state index in [2.05, 4.69) is 29.3 Å². The van der Waals surface area contributed by atoms with Crippen molar-refractivity contribution >= 4 is 17.7 Å². The maximum absolute atomic E-state index is 13.7. The highest BCUT2D eigenvalue weighted by Crippen LogP contribution is 2.22. The first kappa shape index (κ1) is 20.1. The van der Waals surface area contributed by atoms with Crippen LogP contribution in [0.1, 0.15) is 29.9 Å². The first-order chi connectivity index (χ1) is 13.5. The number of hydrogen-bond acceptors (Lipinski definition) is 5. The van der Waals surface area contributed by atoms with Gasteiger partial charge in [0, 0.05) is 25.6 Å². The molecule has 0 saturated heterocycles. The predicted octanol–water partition coefficient (Wildman–Crippen LogP) is 4.31. The van der Waals surface area contributed by atoms with Crippen LogP contribution in [0.3, 0.4) is 0 Å². The van der Waals surface area contributed by atoms with Gasteiger partial charge in [-0.1, -0.05) is 67.2 Å². The van der Waals surface area contributed by atoms with Gasteiger partial charge >= 0.3 is 0 Å². The maximum Gasteiger partial charge on any atom is 0.277 e. The SMILES string of the molecule is CC(Cc1nnc(SCC(=O)N(C)Cc2ccccc2F)o1)c1ccccc1. The highest BCUT2D eigenvalue weighted by Gasteiger charge is 2.16. The minimum Gasteiger partial charge on any atom is -0.416 e. The van der Waals surface area contributed by atoms with Crippen LogP contribution in [0.25, 0.3) is 0 Å². The lowest BCUT2D eigenvalue weighted by Crippen LogP contribution is -2.28. The van der Waals surface area contributed by atoms with Crippen molar-refractivity contribution in [2.24, 2.45) is 0 Å². The molecule has 0 bridgehead atoms. The number of hydrogen-bond donors (Lipinski definition) is 0. The van der Waals surface area contributed by atoms with Gasteiger partial charge in [-0.2, -0.15) is 0 Å². The van der Waals surface area contributed by atoms with Crippen LogP contribution in [0.4, 0.5) is 4.39 Å². The maximum atomic E-state index is 13.7. The summed E-state index contributed by atoms with van der Waals surface area (Å²) < 4.78 is 19.4. The summed E-state index contributed by atoms with van der Waals surface area (Å²) in [5.41, 5.74) is 1.69. The van der Waals surface area contributed by atoms with Gasteiger partial charge < -0.3 is 9.32 Å². The normalized spacial score (nSPS) is 12.0. The molecule has 7 heteroatoms. The molecule has 3 rings (SSSR count). The summed E-state index contributed by atoms with van der Waals surface area (Å²) in [5.74, 6) is 0.509. The minimum absolute atomic E-state index is 0.134. The average Bonchev–Trinajstić information content (AvgIpc) is 3.15. The molecule has 1 amide bonds. The topological polar surface area (TPSA) is 59.2 Å². The lowest BCUT2D eigenvalue weighted by molar-refractivity contribution is -0.127. The molecule has 1 aromatic heterocycles. The van der Waals surface area contributed by atoms with Crippen LogP contribution in [0.5, 0.6) is 0 Å². The number of amides is 1. The van der Waals surface area contributed by atoms with E-state index in [1.54, 1.807) is 25.2 Å². The fourth-order valence-corrected chi connectivity index (χ4v) is 3.47. The third-order valence-corrected chi connectivity index (χ3v) is 5.21. The van der Waals surface area contributed by atoms with E-state index in [0.29, 0.717) is 23.1 Å². The number of thioether (sulfide) groups is 1. The van der Waals surface area contributed by atoms with Gasteiger partial charge in [0.15, 0.2) is 0 Å². The standard InChI is InChI=1S/C21H22FN3O2S/c1-15(16-8-4-3-5-9-16)12-19-23-24-21(27-19)28-14-20(26)25(2)13-17-10-6-7-11-18(17)22/h3-11,15H,12-14H2,1-2H3. The predicted molar refractivity (Wildman–Crippen MR) is 106 cm³/mol. The Morgan fingerprint density at radius 3 is 2.61 bits per heavy atom. The summed E-state index contributed by atoms with van der Waals surface area (Å²) in [7, 11) is 1.65. The molecule has 1 heterocycles. The Morgan fingerprint density at radius 2 is 1.86 bits per heavy atom. The van der Waals surface area contributed by atoms with Crippen LogP contribution < -0.4 is 0 Å². The highest BCUT2D eigenvalue weighted by molar-refractivity contribution is 7.99. The van der Waals surface area contributed by atoms with Gasteiger partial charge in [-0.3, -0.25) is 4.79 Å². The Bertz CT molecular complexity index is 917. The van der Waals surface area contributed by atoms with Gasteiger partial charge in [0.1, 0.15) is 5.82 Å². The second-order valence-corrected chi connectivity index (χ2v) is 7.53. The van der Waals surface area contributed by atoms with Gasteiger partial charge in [0.25, 0.3) is 5.22 Å². The summed E-state index contributed by atoms with van der Waals surface area (Å²) in [4.78, 5) is 13.8. The summed E-state index contributed by atoms with van der Waals surface area (Å²) in [6.07, 6.45) is 0.638. The van der Waals surface area contributed by atoms with E-state index in [-0.39, 0.29) is 29.9 Å².